The minimum atomic E-state index is 0.00862. The van der Waals surface area contributed by atoms with Gasteiger partial charge in [-0.25, -0.2) is 0 Å². The average Bonchev–Trinajstić information content (AvgIpc) is 3.10. The zero-order valence-corrected chi connectivity index (χ0v) is 15.3. The minimum absolute atomic E-state index is 0.00862. The van der Waals surface area contributed by atoms with Crippen molar-refractivity contribution in [2.45, 2.75) is 46.7 Å². The summed E-state index contributed by atoms with van der Waals surface area (Å²) in [5.41, 5.74) is 0. The highest BCUT2D eigenvalue weighted by atomic mass is 16.3. The van der Waals surface area contributed by atoms with Gasteiger partial charge in [0.05, 0.1) is 6.54 Å². The fourth-order valence-electron chi connectivity index (χ4n) is 3.06. The SMILES string of the molecule is Cc1ccc(CN2CCc3nnc(CCNC(=O)C(C)C)n3CC2)o1. The van der Waals surface area contributed by atoms with E-state index in [-0.39, 0.29) is 11.8 Å². The van der Waals surface area contributed by atoms with Gasteiger partial charge in [-0.2, -0.15) is 0 Å². The smallest absolute Gasteiger partial charge is 0.222 e. The molecule has 1 amide bonds. The number of carbonyl (C=O) groups is 1. The van der Waals surface area contributed by atoms with Crippen LogP contribution in [0.1, 0.15) is 37.0 Å². The molecule has 0 atom stereocenters. The lowest BCUT2D eigenvalue weighted by atomic mass is 10.2. The first-order valence-corrected chi connectivity index (χ1v) is 8.99. The molecule has 136 valence electrons. The number of furan rings is 1. The second-order valence-electron chi connectivity index (χ2n) is 6.92. The summed E-state index contributed by atoms with van der Waals surface area (Å²) in [5.74, 6) is 4.03. The Kier molecular flexibility index (Phi) is 5.53. The number of rotatable bonds is 6. The standard InChI is InChI=1S/C18H27N5O2/c1-13(2)18(24)19-8-6-16-20-21-17-7-9-22(10-11-23(16)17)12-15-5-4-14(3)25-15/h4-5,13H,6-12H2,1-3H3,(H,19,24). The molecule has 3 rings (SSSR count). The minimum Gasteiger partial charge on any atom is -0.465 e. The molecule has 0 aromatic carbocycles. The molecule has 0 aliphatic carbocycles. The van der Waals surface area contributed by atoms with Crippen LogP contribution in [-0.2, 0) is 30.7 Å². The molecule has 1 aliphatic heterocycles. The summed E-state index contributed by atoms with van der Waals surface area (Å²) in [7, 11) is 0. The molecule has 25 heavy (non-hydrogen) atoms. The van der Waals surface area contributed by atoms with Crippen LogP contribution in [0.4, 0.5) is 0 Å². The molecule has 1 aliphatic rings. The Morgan fingerprint density at radius 1 is 1.28 bits per heavy atom. The lowest BCUT2D eigenvalue weighted by molar-refractivity contribution is -0.123. The van der Waals surface area contributed by atoms with Gasteiger partial charge in [0, 0.05) is 44.9 Å². The van der Waals surface area contributed by atoms with Gasteiger partial charge in [0.25, 0.3) is 0 Å². The molecule has 1 N–H and O–H groups in total. The van der Waals surface area contributed by atoms with Crippen LogP contribution in [0.15, 0.2) is 16.5 Å². The van der Waals surface area contributed by atoms with Gasteiger partial charge in [-0.1, -0.05) is 13.8 Å². The van der Waals surface area contributed by atoms with Gasteiger partial charge < -0.3 is 14.3 Å². The van der Waals surface area contributed by atoms with E-state index in [1.165, 1.54) is 0 Å². The molecule has 0 saturated heterocycles. The molecular weight excluding hydrogens is 318 g/mol. The maximum Gasteiger partial charge on any atom is 0.222 e. The van der Waals surface area contributed by atoms with E-state index in [2.05, 4.69) is 25.0 Å². The van der Waals surface area contributed by atoms with Gasteiger partial charge in [-0.05, 0) is 19.1 Å². The van der Waals surface area contributed by atoms with Crippen molar-refractivity contribution in [2.75, 3.05) is 19.6 Å². The van der Waals surface area contributed by atoms with E-state index in [9.17, 15) is 4.79 Å². The normalized spacial score (nSPS) is 15.2. The van der Waals surface area contributed by atoms with Crippen LogP contribution in [0, 0.1) is 12.8 Å². The Morgan fingerprint density at radius 3 is 2.84 bits per heavy atom. The number of fused-ring (bicyclic) bond motifs is 1. The topological polar surface area (TPSA) is 76.2 Å². The van der Waals surface area contributed by atoms with E-state index >= 15 is 0 Å². The molecule has 2 aromatic rings. The molecule has 7 heteroatoms. The largest absolute Gasteiger partial charge is 0.465 e. The summed E-state index contributed by atoms with van der Waals surface area (Å²) < 4.78 is 7.89. The first kappa shape index (κ1) is 17.7. The zero-order chi connectivity index (χ0) is 17.8. The second kappa shape index (κ2) is 7.82. The molecular formula is C18H27N5O2. The van der Waals surface area contributed by atoms with Crippen LogP contribution >= 0.6 is 0 Å². The molecule has 0 radical (unpaired) electrons. The van der Waals surface area contributed by atoms with Gasteiger partial charge in [0.1, 0.15) is 23.2 Å². The van der Waals surface area contributed by atoms with E-state index < -0.39 is 0 Å². The highest BCUT2D eigenvalue weighted by Gasteiger charge is 2.19. The lowest BCUT2D eigenvalue weighted by Crippen LogP contribution is -2.30. The van der Waals surface area contributed by atoms with Gasteiger partial charge in [-0.15, -0.1) is 10.2 Å². The van der Waals surface area contributed by atoms with Gasteiger partial charge in [-0.3, -0.25) is 9.69 Å². The number of nitrogens with one attached hydrogen (secondary N) is 1. The van der Waals surface area contributed by atoms with Crippen LogP contribution in [0.5, 0.6) is 0 Å². The molecule has 7 nitrogen and oxygen atoms in total. The third kappa shape index (κ3) is 4.48. The summed E-state index contributed by atoms with van der Waals surface area (Å²) >= 11 is 0. The Hall–Kier alpha value is -2.15. The summed E-state index contributed by atoms with van der Waals surface area (Å²) in [6, 6.07) is 4.05. The van der Waals surface area contributed by atoms with Crippen molar-refractivity contribution in [1.29, 1.82) is 0 Å². The third-order valence-electron chi connectivity index (χ3n) is 4.54. The van der Waals surface area contributed by atoms with E-state index in [1.54, 1.807) is 0 Å². The van der Waals surface area contributed by atoms with Gasteiger partial charge in [0.15, 0.2) is 0 Å². The quantitative estimate of drug-likeness (QED) is 0.860. The monoisotopic (exact) mass is 345 g/mol. The summed E-state index contributed by atoms with van der Waals surface area (Å²) in [4.78, 5) is 14.1. The fraction of sp³-hybridized carbons (Fsp3) is 0.611. The van der Waals surface area contributed by atoms with E-state index in [0.717, 1.165) is 55.8 Å². The average molecular weight is 345 g/mol. The number of aromatic nitrogens is 3. The van der Waals surface area contributed by atoms with Crippen LogP contribution in [-0.4, -0.2) is 45.2 Å². The molecule has 3 heterocycles. The maximum absolute atomic E-state index is 11.7. The number of nitrogens with zero attached hydrogens (tertiary/aromatic N) is 4. The molecule has 2 aromatic heterocycles. The summed E-state index contributed by atoms with van der Waals surface area (Å²) in [6.45, 7) is 9.95. The highest BCUT2D eigenvalue weighted by Crippen LogP contribution is 2.14. The first-order chi connectivity index (χ1) is 12.0. The number of carbonyl (C=O) groups excluding carboxylic acids is 1. The molecule has 0 spiro atoms. The Morgan fingerprint density at radius 2 is 2.12 bits per heavy atom. The number of aryl methyl sites for hydroxylation is 1. The van der Waals surface area contributed by atoms with Crippen LogP contribution in [0.3, 0.4) is 0 Å². The van der Waals surface area contributed by atoms with E-state index in [0.29, 0.717) is 13.0 Å². The Labute approximate surface area is 148 Å². The van der Waals surface area contributed by atoms with Crippen molar-refractivity contribution in [3.8, 4) is 0 Å². The zero-order valence-electron chi connectivity index (χ0n) is 15.3. The van der Waals surface area contributed by atoms with Crippen molar-refractivity contribution in [1.82, 2.24) is 25.0 Å². The van der Waals surface area contributed by atoms with Crippen LogP contribution in [0.2, 0.25) is 0 Å². The predicted molar refractivity (Wildman–Crippen MR) is 94.0 cm³/mol. The second-order valence-corrected chi connectivity index (χ2v) is 6.92. The predicted octanol–water partition coefficient (Wildman–Crippen LogP) is 1.55. The van der Waals surface area contributed by atoms with Crippen molar-refractivity contribution < 1.29 is 9.21 Å². The summed E-state index contributed by atoms with van der Waals surface area (Å²) in [6.07, 6.45) is 1.59. The van der Waals surface area contributed by atoms with Crippen molar-refractivity contribution in [3.63, 3.8) is 0 Å². The van der Waals surface area contributed by atoms with E-state index in [1.807, 2.05) is 32.9 Å². The molecule has 0 fully saturated rings. The van der Waals surface area contributed by atoms with Crippen molar-refractivity contribution >= 4 is 5.91 Å². The van der Waals surface area contributed by atoms with Crippen molar-refractivity contribution in [2.24, 2.45) is 5.92 Å². The first-order valence-electron chi connectivity index (χ1n) is 8.99. The lowest BCUT2D eigenvalue weighted by Gasteiger charge is -2.18. The van der Waals surface area contributed by atoms with Crippen LogP contribution in [0.25, 0.3) is 0 Å². The van der Waals surface area contributed by atoms with Crippen LogP contribution < -0.4 is 5.32 Å². The molecule has 0 unspecified atom stereocenters. The number of amides is 1. The van der Waals surface area contributed by atoms with Gasteiger partial charge >= 0.3 is 0 Å². The maximum atomic E-state index is 11.7. The summed E-state index contributed by atoms with van der Waals surface area (Å²) in [5, 5.41) is 11.6. The Balaban J connectivity index is 1.55. The van der Waals surface area contributed by atoms with Gasteiger partial charge in [0.2, 0.25) is 5.91 Å². The third-order valence-corrected chi connectivity index (χ3v) is 4.54. The molecule has 0 bridgehead atoms. The molecule has 0 saturated carbocycles. The highest BCUT2D eigenvalue weighted by molar-refractivity contribution is 5.77. The number of hydrogen-bond donors (Lipinski definition) is 1. The van der Waals surface area contributed by atoms with E-state index in [4.69, 9.17) is 4.42 Å². The van der Waals surface area contributed by atoms with Crippen molar-refractivity contribution in [3.05, 3.63) is 35.3 Å². The Bertz CT molecular complexity index is 719. The number of hydrogen-bond acceptors (Lipinski definition) is 5. The fourth-order valence-corrected chi connectivity index (χ4v) is 3.06.